The quantitative estimate of drug-likeness (QED) is 0.0128. The van der Waals surface area contributed by atoms with Crippen LogP contribution in [0.5, 0.6) is 5.75 Å². The van der Waals surface area contributed by atoms with E-state index in [-0.39, 0.29) is 94.2 Å². The Morgan fingerprint density at radius 2 is 1.11 bits per heavy atom. The number of carbonyl (C=O) groups excluding carboxylic acids is 12. The Morgan fingerprint density at radius 1 is 0.596 bits per heavy atom. The van der Waals surface area contributed by atoms with Crippen molar-refractivity contribution in [3.8, 4) is 5.75 Å². The second kappa shape index (κ2) is 39.8. The number of amides is 12. The number of nitrogens with two attached hydrogens (primary N) is 3. The van der Waals surface area contributed by atoms with E-state index in [9.17, 15) is 68.1 Å². The van der Waals surface area contributed by atoms with Crippen LogP contribution in [0.2, 0.25) is 0 Å². The Labute approximate surface area is 584 Å². The number of rotatable bonds is 38. The second-order valence-corrected chi connectivity index (χ2v) is 25.2. The van der Waals surface area contributed by atoms with E-state index in [1.54, 1.807) is 81.4 Å². The van der Waals surface area contributed by atoms with Crippen molar-refractivity contribution in [3.63, 3.8) is 0 Å². The molecule has 31 nitrogen and oxygen atoms in total. The second-order valence-electron chi connectivity index (χ2n) is 24.4. The van der Waals surface area contributed by atoms with Gasteiger partial charge >= 0.3 is 5.97 Å². The molecule has 0 spiro atoms. The Bertz CT molecular complexity index is 3330. The molecule has 2 aliphatic rings. The number of hydrogen-bond donors (Lipinski definition) is 17. The largest absolute Gasteiger partial charge is 0.508 e. The molecule has 0 aliphatic carbocycles. The van der Waals surface area contributed by atoms with Gasteiger partial charge in [-0.05, 0) is 73.3 Å². The first-order valence-corrected chi connectivity index (χ1v) is 34.0. The van der Waals surface area contributed by atoms with Gasteiger partial charge in [0.15, 0.2) is 5.96 Å². The van der Waals surface area contributed by atoms with Crippen molar-refractivity contribution in [3.05, 3.63) is 102 Å². The summed E-state index contributed by atoms with van der Waals surface area (Å²) in [6, 6.07) is 7.00. The Balaban J connectivity index is 1.42. The number of hydrogen-bond acceptors (Lipinski definition) is 18. The topological polar surface area (TPSA) is 488 Å². The van der Waals surface area contributed by atoms with Gasteiger partial charge < -0.3 is 90.2 Å². The normalized spacial score (nSPS) is 17.9. The molecule has 2 saturated heterocycles. The number of phenols is 1. The van der Waals surface area contributed by atoms with Crippen LogP contribution in [0, 0.1) is 5.92 Å². The van der Waals surface area contributed by atoms with Crippen molar-refractivity contribution < 1.29 is 77.6 Å². The van der Waals surface area contributed by atoms with E-state index in [4.69, 9.17) is 17.2 Å². The van der Waals surface area contributed by atoms with Crippen molar-refractivity contribution in [2.75, 3.05) is 31.1 Å². The van der Waals surface area contributed by atoms with Gasteiger partial charge in [0.1, 0.15) is 72.2 Å². The van der Waals surface area contributed by atoms with Gasteiger partial charge in [-0.15, -0.1) is 0 Å². The number of guanidine groups is 1. The predicted molar refractivity (Wildman–Crippen MR) is 369 cm³/mol. The van der Waals surface area contributed by atoms with Crippen LogP contribution in [0.15, 0.2) is 89.9 Å². The van der Waals surface area contributed by atoms with Crippen molar-refractivity contribution in [1.82, 2.24) is 57.7 Å². The number of carbonyl (C=O) groups is 13. The van der Waals surface area contributed by atoms with Gasteiger partial charge in [-0.25, -0.2) is 4.79 Å². The fraction of sp³-hybridized carbons (Fsp3) is 0.515. The summed E-state index contributed by atoms with van der Waals surface area (Å²) in [5.74, 6) is -12.7. The van der Waals surface area contributed by atoms with Gasteiger partial charge in [-0.1, -0.05) is 106 Å². The minimum absolute atomic E-state index is 0.00443. The van der Waals surface area contributed by atoms with Crippen LogP contribution >= 0.6 is 25.3 Å². The molecule has 2 aliphatic heterocycles. The van der Waals surface area contributed by atoms with Crippen LogP contribution in [0.1, 0.15) is 115 Å². The highest BCUT2D eigenvalue weighted by Crippen LogP contribution is 2.28. The fourth-order valence-corrected chi connectivity index (χ4v) is 11.9. The highest BCUT2D eigenvalue weighted by molar-refractivity contribution is 7.80. The molecule has 0 aromatic heterocycles. The molecule has 3 aromatic carbocycles. The number of aliphatic hydroxyl groups excluding tert-OH is 1. The van der Waals surface area contributed by atoms with Crippen LogP contribution in [0.4, 0.5) is 0 Å². The van der Waals surface area contributed by atoms with Crippen LogP contribution in [0.3, 0.4) is 0 Å². The molecule has 12 amide bonds. The highest BCUT2D eigenvalue weighted by Gasteiger charge is 2.47. The molecule has 3 aromatic rings. The monoisotopic (exact) mass is 1420 g/mol. The average molecular weight is 1420 g/mol. The first-order chi connectivity index (χ1) is 47.1. The molecule has 0 bridgehead atoms. The number of primary amides is 1. The SMILES string of the molecule is CCC[C@H](NC(=O)[C@@H](NC(=O)[C@@H]1C[C@@H](O)CN1C(=O)[C@@H]1CCCN1C(=O)[C@H](Cc1ccccc1)NC(=O)[C@H](Cc1ccc(O)cc1)NC(=O)[C@H](CCC(N)=O)NC(=O)[C@H](CCCN=C(N)N)NC(=O)[C@H](CS)NC(=O)[C@@H](NC(C)=O)c1ccccc1)[C@@H](C)CC)C(=O)N[C@@H](CS)C(=O)O. The van der Waals surface area contributed by atoms with Crippen LogP contribution in [0.25, 0.3) is 0 Å². The van der Waals surface area contributed by atoms with Crippen molar-refractivity contribution >= 4 is 108 Å². The number of aliphatic hydroxyl groups is 1. The molecule has 2 heterocycles. The lowest BCUT2D eigenvalue weighted by Crippen LogP contribution is -2.61. The van der Waals surface area contributed by atoms with E-state index in [1.165, 1.54) is 36.1 Å². The predicted octanol–water partition coefficient (Wildman–Crippen LogP) is -2.00. The van der Waals surface area contributed by atoms with Crippen molar-refractivity contribution in [2.24, 2.45) is 28.1 Å². The highest BCUT2D eigenvalue weighted by atomic mass is 32.1. The number of likely N-dealkylation sites (tertiary alicyclic amines) is 2. The molecule has 18 N–H and O–H groups in total. The summed E-state index contributed by atoms with van der Waals surface area (Å²) in [7, 11) is 0. The molecule has 13 atom stereocenters. The Morgan fingerprint density at radius 3 is 1.68 bits per heavy atom. The van der Waals surface area contributed by atoms with Gasteiger partial charge in [0.25, 0.3) is 0 Å². The number of nitrogens with zero attached hydrogens (tertiary/aromatic N) is 3. The summed E-state index contributed by atoms with van der Waals surface area (Å²) < 4.78 is 0. The lowest BCUT2D eigenvalue weighted by atomic mass is 9.97. The number of β-amino-alcohol motifs (C(OH)–C–C–N with tert-alkyl or cyclic N) is 1. The number of carboxylic acid groups (broad SMARTS) is 1. The minimum atomic E-state index is -1.66. The average Bonchev–Trinajstić information content (AvgIpc) is 1.66. The summed E-state index contributed by atoms with van der Waals surface area (Å²) in [4.78, 5) is 187. The molecule has 0 unspecified atom stereocenters. The van der Waals surface area contributed by atoms with Crippen LogP contribution in [-0.4, -0.2) is 206 Å². The van der Waals surface area contributed by atoms with Gasteiger partial charge in [0, 0.05) is 63.7 Å². The number of nitrogens with one attached hydrogen (secondary N) is 9. The Kier molecular flexibility index (Phi) is 32.2. The van der Waals surface area contributed by atoms with Gasteiger partial charge in [0.05, 0.1) is 6.10 Å². The molecule has 5 rings (SSSR count). The summed E-state index contributed by atoms with van der Waals surface area (Å²) in [5.41, 5.74) is 18.0. The maximum Gasteiger partial charge on any atom is 0.327 e. The Hall–Kier alpha value is -9.50. The molecule has 99 heavy (non-hydrogen) atoms. The van der Waals surface area contributed by atoms with Gasteiger partial charge in [0.2, 0.25) is 70.9 Å². The number of benzene rings is 3. The third kappa shape index (κ3) is 24.8. The van der Waals surface area contributed by atoms with Gasteiger partial charge in [-0.2, -0.15) is 25.3 Å². The van der Waals surface area contributed by atoms with Crippen LogP contribution < -0.4 is 65.1 Å². The molecular weight excluding hydrogens is 1320 g/mol. The first-order valence-electron chi connectivity index (χ1n) is 32.7. The standard InChI is InChI=1S/C66H93N15O16S2/c1-5-15-43(55(86)78-49(35-99)65(96)97)74-61(92)53(36(3)6-2)79-60(91)51-32-42(84)33-81(51)64(95)50-21-14-29-80(50)63(94)47(31-38-16-9-7-10-17-38)76-58(89)46(30-39-22-24-41(83)25-23-39)75-57(88)45(26-27-52(67)85)73-56(87)44(20-13-28-70-66(68)69)72-59(90)48(34-98)77-62(93)54(71-37(4)82)40-18-11-8-12-19-40/h7-12,16-19,22-25,36,42-51,53-54,83-84,98-99H,5-6,13-15,20-21,26-35H2,1-4H3,(H2,67,85)(H,71,82)(H,72,90)(H,73,87)(H,74,92)(H,75,88)(H,76,89)(H,77,93)(H,78,86)(H,79,91)(H,96,97)(H4,68,69,70)/t36-,42+,43-,44-,45-,46-,47-,48-,49-,50-,51-,53-,54-/m0/s1. The lowest BCUT2D eigenvalue weighted by molar-refractivity contribution is -0.148. The van der Waals surface area contributed by atoms with E-state index < -0.39 is 168 Å². The zero-order chi connectivity index (χ0) is 73.0. The summed E-state index contributed by atoms with van der Waals surface area (Å²) in [5, 5.41) is 54.3. The van der Waals surface area contributed by atoms with E-state index in [2.05, 4.69) is 78.1 Å². The molecule has 0 radical (unpaired) electrons. The molecule has 2 fully saturated rings. The molecule has 540 valence electrons. The lowest BCUT2D eigenvalue weighted by Gasteiger charge is -2.34. The van der Waals surface area contributed by atoms with E-state index in [1.807, 2.05) is 0 Å². The number of aromatic hydroxyl groups is 1. The minimum Gasteiger partial charge on any atom is -0.508 e. The zero-order valence-electron chi connectivity index (χ0n) is 55.7. The van der Waals surface area contributed by atoms with Gasteiger partial charge in [-0.3, -0.25) is 62.5 Å². The number of aliphatic carboxylic acids is 1. The third-order valence-electron chi connectivity index (χ3n) is 16.8. The van der Waals surface area contributed by atoms with E-state index in [0.29, 0.717) is 29.5 Å². The maximum atomic E-state index is 15.3. The smallest absolute Gasteiger partial charge is 0.327 e. The molecule has 0 saturated carbocycles. The molecular formula is C66H93N15O16S2. The number of aliphatic imine (C=N–C) groups is 1. The number of thiol groups is 2. The van der Waals surface area contributed by atoms with E-state index >= 15 is 9.59 Å². The van der Waals surface area contributed by atoms with Crippen LogP contribution in [-0.2, 0) is 75.2 Å². The summed E-state index contributed by atoms with van der Waals surface area (Å²) in [6.45, 7) is 6.04. The number of carboxylic acids is 1. The fourth-order valence-electron chi connectivity index (χ4n) is 11.4. The summed E-state index contributed by atoms with van der Waals surface area (Å²) >= 11 is 8.29. The number of phenolic OH excluding ortho intramolecular Hbond substituents is 1. The van der Waals surface area contributed by atoms with Crippen molar-refractivity contribution in [2.45, 2.75) is 177 Å². The van der Waals surface area contributed by atoms with Crippen molar-refractivity contribution in [1.29, 1.82) is 0 Å². The summed E-state index contributed by atoms with van der Waals surface area (Å²) in [6.07, 6.45) is -1.74. The maximum absolute atomic E-state index is 15.3. The van der Waals surface area contributed by atoms with E-state index in [0.717, 1.165) is 4.90 Å². The first kappa shape index (κ1) is 80.2. The zero-order valence-corrected chi connectivity index (χ0v) is 57.5. The third-order valence-corrected chi connectivity index (χ3v) is 17.6. The molecule has 33 heteroatoms.